The molecule has 94 valence electrons. The van der Waals surface area contributed by atoms with E-state index in [4.69, 9.17) is 5.11 Å². The number of halogens is 1. The summed E-state index contributed by atoms with van der Waals surface area (Å²) in [6, 6.07) is 9.43. The van der Waals surface area contributed by atoms with Crippen molar-refractivity contribution in [2.24, 2.45) is 0 Å². The van der Waals surface area contributed by atoms with E-state index in [9.17, 15) is 0 Å². The average molecular weight is 298 g/mol. The quantitative estimate of drug-likeness (QED) is 0.875. The summed E-state index contributed by atoms with van der Waals surface area (Å²) in [6.45, 7) is 2.35. The largest absolute Gasteiger partial charge is 0.395 e. The van der Waals surface area contributed by atoms with Crippen LogP contribution in [0.5, 0.6) is 0 Å². The molecule has 0 heterocycles. The van der Waals surface area contributed by atoms with Gasteiger partial charge in [0.2, 0.25) is 0 Å². The first-order valence-corrected chi connectivity index (χ1v) is 7.14. The SMILES string of the molecule is CCC(CO)NC1CC(c2cccc(Br)c2)C1. The van der Waals surface area contributed by atoms with Crippen molar-refractivity contribution in [1.82, 2.24) is 5.32 Å². The first kappa shape index (κ1) is 13.1. The molecule has 1 aliphatic rings. The maximum Gasteiger partial charge on any atom is 0.0584 e. The Kier molecular flexibility index (Phi) is 4.60. The third kappa shape index (κ3) is 3.30. The Morgan fingerprint density at radius 2 is 2.24 bits per heavy atom. The van der Waals surface area contributed by atoms with Gasteiger partial charge >= 0.3 is 0 Å². The maximum atomic E-state index is 9.15. The molecule has 0 amide bonds. The van der Waals surface area contributed by atoms with Crippen molar-refractivity contribution in [3.63, 3.8) is 0 Å². The molecule has 1 fully saturated rings. The van der Waals surface area contributed by atoms with Crippen LogP contribution in [0.2, 0.25) is 0 Å². The first-order chi connectivity index (χ1) is 8.22. The average Bonchev–Trinajstić information content (AvgIpc) is 2.28. The molecule has 17 heavy (non-hydrogen) atoms. The van der Waals surface area contributed by atoms with E-state index in [-0.39, 0.29) is 12.6 Å². The van der Waals surface area contributed by atoms with Gasteiger partial charge in [0.1, 0.15) is 0 Å². The number of benzene rings is 1. The molecule has 2 N–H and O–H groups in total. The van der Waals surface area contributed by atoms with Crippen LogP contribution in [-0.2, 0) is 0 Å². The molecule has 2 nitrogen and oxygen atoms in total. The topological polar surface area (TPSA) is 32.3 Å². The number of hydrogen-bond donors (Lipinski definition) is 2. The standard InChI is InChI=1S/C14H20BrNO/c1-2-13(9-17)16-14-7-11(8-14)10-4-3-5-12(15)6-10/h3-6,11,13-14,16-17H,2,7-9H2,1H3. The minimum absolute atomic E-state index is 0.245. The third-order valence-corrected chi connectivity index (χ3v) is 4.14. The van der Waals surface area contributed by atoms with E-state index in [0.29, 0.717) is 12.0 Å². The van der Waals surface area contributed by atoms with Crippen LogP contribution >= 0.6 is 15.9 Å². The smallest absolute Gasteiger partial charge is 0.0584 e. The van der Waals surface area contributed by atoms with E-state index in [2.05, 4.69) is 52.4 Å². The van der Waals surface area contributed by atoms with Crippen molar-refractivity contribution in [3.05, 3.63) is 34.3 Å². The molecule has 2 rings (SSSR count). The van der Waals surface area contributed by atoms with Crippen LogP contribution in [0, 0.1) is 0 Å². The Morgan fingerprint density at radius 3 is 2.82 bits per heavy atom. The molecule has 0 spiro atoms. The van der Waals surface area contributed by atoms with Crippen molar-refractivity contribution >= 4 is 15.9 Å². The van der Waals surface area contributed by atoms with Crippen LogP contribution in [0.4, 0.5) is 0 Å². The molecule has 0 aliphatic heterocycles. The lowest BCUT2D eigenvalue weighted by Gasteiger charge is -2.38. The van der Waals surface area contributed by atoms with Crippen molar-refractivity contribution in [2.75, 3.05) is 6.61 Å². The van der Waals surface area contributed by atoms with E-state index in [1.807, 2.05) is 0 Å². The van der Waals surface area contributed by atoms with Crippen LogP contribution in [0.25, 0.3) is 0 Å². The summed E-state index contributed by atoms with van der Waals surface area (Å²) in [6.07, 6.45) is 3.37. The summed E-state index contributed by atoms with van der Waals surface area (Å²) >= 11 is 3.51. The van der Waals surface area contributed by atoms with E-state index in [0.717, 1.165) is 10.9 Å². The van der Waals surface area contributed by atoms with Crippen molar-refractivity contribution in [2.45, 2.75) is 44.2 Å². The zero-order valence-corrected chi connectivity index (χ0v) is 11.8. The van der Waals surface area contributed by atoms with Gasteiger partial charge in [-0.15, -0.1) is 0 Å². The molecule has 1 aromatic carbocycles. The molecule has 1 aromatic rings. The normalized spacial score (nSPS) is 25.4. The molecule has 0 aromatic heterocycles. The fraction of sp³-hybridized carbons (Fsp3) is 0.571. The molecular formula is C14H20BrNO. The van der Waals surface area contributed by atoms with Gasteiger partial charge in [-0.1, -0.05) is 35.0 Å². The van der Waals surface area contributed by atoms with Gasteiger partial charge in [0, 0.05) is 16.6 Å². The Labute approximate surface area is 112 Å². The maximum absolute atomic E-state index is 9.15. The molecule has 0 saturated heterocycles. The van der Waals surface area contributed by atoms with E-state index in [1.54, 1.807) is 0 Å². The molecule has 1 unspecified atom stereocenters. The molecule has 1 aliphatic carbocycles. The van der Waals surface area contributed by atoms with Crippen LogP contribution in [-0.4, -0.2) is 23.8 Å². The van der Waals surface area contributed by atoms with Crippen molar-refractivity contribution in [1.29, 1.82) is 0 Å². The van der Waals surface area contributed by atoms with Gasteiger partial charge in [-0.3, -0.25) is 0 Å². The highest BCUT2D eigenvalue weighted by atomic mass is 79.9. The summed E-state index contributed by atoms with van der Waals surface area (Å²) in [4.78, 5) is 0. The number of aliphatic hydroxyl groups excluding tert-OH is 1. The van der Waals surface area contributed by atoms with Crippen LogP contribution in [0.3, 0.4) is 0 Å². The second-order valence-electron chi connectivity index (χ2n) is 4.87. The highest BCUT2D eigenvalue weighted by Crippen LogP contribution is 2.37. The fourth-order valence-corrected chi connectivity index (χ4v) is 2.84. The molecule has 3 heteroatoms. The predicted molar refractivity (Wildman–Crippen MR) is 74.2 cm³/mol. The first-order valence-electron chi connectivity index (χ1n) is 6.35. The van der Waals surface area contributed by atoms with Crippen LogP contribution in [0.15, 0.2) is 28.7 Å². The molecule has 1 atom stereocenters. The Hall–Kier alpha value is -0.380. The monoisotopic (exact) mass is 297 g/mol. The molecule has 0 bridgehead atoms. The minimum atomic E-state index is 0.245. The summed E-state index contributed by atoms with van der Waals surface area (Å²) < 4.78 is 1.16. The number of rotatable bonds is 5. The zero-order valence-electron chi connectivity index (χ0n) is 10.2. The van der Waals surface area contributed by atoms with E-state index >= 15 is 0 Å². The zero-order chi connectivity index (χ0) is 12.3. The van der Waals surface area contributed by atoms with E-state index in [1.165, 1.54) is 18.4 Å². The van der Waals surface area contributed by atoms with Crippen molar-refractivity contribution in [3.8, 4) is 0 Å². The van der Waals surface area contributed by atoms with Gasteiger partial charge in [0.15, 0.2) is 0 Å². The minimum Gasteiger partial charge on any atom is -0.395 e. The fourth-order valence-electron chi connectivity index (χ4n) is 2.42. The summed E-state index contributed by atoms with van der Waals surface area (Å²) in [5, 5.41) is 12.7. The molecular weight excluding hydrogens is 278 g/mol. The number of nitrogens with one attached hydrogen (secondary N) is 1. The second-order valence-corrected chi connectivity index (χ2v) is 5.79. The van der Waals surface area contributed by atoms with Crippen LogP contribution in [0.1, 0.15) is 37.7 Å². The number of hydrogen-bond acceptors (Lipinski definition) is 2. The number of aliphatic hydroxyl groups is 1. The Morgan fingerprint density at radius 1 is 1.47 bits per heavy atom. The highest BCUT2D eigenvalue weighted by molar-refractivity contribution is 9.10. The van der Waals surface area contributed by atoms with Crippen LogP contribution < -0.4 is 5.32 Å². The van der Waals surface area contributed by atoms with Gasteiger partial charge in [-0.05, 0) is 42.9 Å². The Balaban J connectivity index is 1.82. The summed E-state index contributed by atoms with van der Waals surface area (Å²) in [5.41, 5.74) is 1.43. The lowest BCUT2D eigenvalue weighted by molar-refractivity contribution is 0.193. The lowest BCUT2D eigenvalue weighted by Crippen LogP contribution is -2.46. The van der Waals surface area contributed by atoms with Gasteiger partial charge in [-0.25, -0.2) is 0 Å². The van der Waals surface area contributed by atoms with Gasteiger partial charge in [0.25, 0.3) is 0 Å². The van der Waals surface area contributed by atoms with Gasteiger partial charge in [-0.2, -0.15) is 0 Å². The highest BCUT2D eigenvalue weighted by Gasteiger charge is 2.31. The summed E-state index contributed by atoms with van der Waals surface area (Å²) in [7, 11) is 0. The second kappa shape index (κ2) is 5.98. The molecule has 0 radical (unpaired) electrons. The van der Waals surface area contributed by atoms with Gasteiger partial charge < -0.3 is 10.4 Å². The van der Waals surface area contributed by atoms with Gasteiger partial charge in [0.05, 0.1) is 6.61 Å². The summed E-state index contributed by atoms with van der Waals surface area (Å²) in [5.74, 6) is 0.682. The van der Waals surface area contributed by atoms with Crippen molar-refractivity contribution < 1.29 is 5.11 Å². The third-order valence-electron chi connectivity index (χ3n) is 3.64. The lowest BCUT2D eigenvalue weighted by atomic mass is 9.75. The Bertz CT molecular complexity index is 359. The van der Waals surface area contributed by atoms with E-state index < -0.39 is 0 Å². The molecule has 1 saturated carbocycles. The predicted octanol–water partition coefficient (Wildman–Crippen LogP) is 3.06.